The first-order valence-electron chi connectivity index (χ1n) is 5.56. The maximum absolute atomic E-state index is 14.0. The largest absolute Gasteiger partial charge is 0.462 e. The Labute approximate surface area is 103 Å². The van der Waals surface area contributed by atoms with Crippen LogP contribution < -0.4 is 5.56 Å². The Morgan fingerprint density at radius 2 is 2.06 bits per heavy atom. The van der Waals surface area contributed by atoms with Crippen LogP contribution in [0.4, 0.5) is 4.39 Å². The van der Waals surface area contributed by atoms with Gasteiger partial charge in [-0.15, -0.1) is 0 Å². The molecule has 0 aliphatic heterocycles. The fourth-order valence-electron chi connectivity index (χ4n) is 1.76. The molecule has 0 fully saturated rings. The quantitative estimate of drug-likeness (QED) is 0.782. The molecule has 1 aromatic heterocycles. The van der Waals surface area contributed by atoms with Gasteiger partial charge in [0.25, 0.3) is 11.9 Å². The third-order valence-corrected chi connectivity index (χ3v) is 2.55. The van der Waals surface area contributed by atoms with Gasteiger partial charge >= 0.3 is 5.97 Å². The Morgan fingerprint density at radius 1 is 1.33 bits per heavy atom. The van der Waals surface area contributed by atoms with Gasteiger partial charge in [-0.05, 0) is 24.4 Å². The minimum absolute atomic E-state index is 0.0682. The number of para-hydroxylation sites is 1. The van der Waals surface area contributed by atoms with E-state index >= 15 is 0 Å². The van der Waals surface area contributed by atoms with Gasteiger partial charge in [0.05, 0.1) is 12.1 Å². The first-order chi connectivity index (χ1) is 8.65. The number of halogens is 1. The number of carbonyl (C=O) groups excluding carboxylic acids is 1. The first-order valence-corrected chi connectivity index (χ1v) is 5.56. The Bertz CT molecular complexity index is 635. The molecule has 94 valence electrons. The molecule has 0 radical (unpaired) electrons. The van der Waals surface area contributed by atoms with E-state index in [-0.39, 0.29) is 6.61 Å². The minimum atomic E-state index is -2.12. The van der Waals surface area contributed by atoms with Crippen LogP contribution in [0.15, 0.2) is 41.2 Å². The van der Waals surface area contributed by atoms with Gasteiger partial charge in [0.15, 0.2) is 0 Å². The standard InChI is InChI=1S/C13H12FNO3/c1-2-18-13(17)12(14)15-10-6-4-3-5-9(10)7-8-11(15)16/h3-8,12H,2H2,1H3. The van der Waals surface area contributed by atoms with Crippen molar-refractivity contribution in [3.63, 3.8) is 0 Å². The van der Waals surface area contributed by atoms with Crippen LogP contribution >= 0.6 is 0 Å². The second-order valence-electron chi connectivity index (χ2n) is 3.69. The molecule has 4 nitrogen and oxygen atoms in total. The zero-order valence-electron chi connectivity index (χ0n) is 9.80. The third-order valence-electron chi connectivity index (χ3n) is 2.55. The third kappa shape index (κ3) is 2.11. The van der Waals surface area contributed by atoms with Crippen LogP contribution in [0.5, 0.6) is 0 Å². The number of rotatable bonds is 3. The Morgan fingerprint density at radius 3 is 2.78 bits per heavy atom. The molecule has 0 aliphatic carbocycles. The normalized spacial score (nSPS) is 12.3. The zero-order chi connectivity index (χ0) is 13.1. The number of fused-ring (bicyclic) bond motifs is 1. The molecule has 0 saturated carbocycles. The van der Waals surface area contributed by atoms with Crippen LogP contribution in [-0.2, 0) is 9.53 Å². The summed E-state index contributed by atoms with van der Waals surface area (Å²) in [6.07, 6.45) is -2.12. The minimum Gasteiger partial charge on any atom is -0.462 e. The number of aromatic nitrogens is 1. The van der Waals surface area contributed by atoms with Gasteiger partial charge in [-0.1, -0.05) is 18.2 Å². The lowest BCUT2D eigenvalue weighted by Gasteiger charge is -2.13. The second kappa shape index (κ2) is 5.00. The molecular weight excluding hydrogens is 237 g/mol. The number of hydrogen-bond acceptors (Lipinski definition) is 3. The van der Waals surface area contributed by atoms with Crippen LogP contribution in [0, 0.1) is 0 Å². The molecule has 0 N–H and O–H groups in total. The smallest absolute Gasteiger partial charge is 0.362 e. The van der Waals surface area contributed by atoms with Gasteiger partial charge < -0.3 is 4.74 Å². The van der Waals surface area contributed by atoms with Crippen LogP contribution in [0.1, 0.15) is 13.2 Å². The van der Waals surface area contributed by atoms with Crippen LogP contribution in [0.3, 0.4) is 0 Å². The van der Waals surface area contributed by atoms with Crippen molar-refractivity contribution in [2.75, 3.05) is 6.61 Å². The highest BCUT2D eigenvalue weighted by Crippen LogP contribution is 2.17. The fraction of sp³-hybridized carbons (Fsp3) is 0.231. The molecule has 0 amide bonds. The molecular formula is C13H12FNO3. The van der Waals surface area contributed by atoms with Gasteiger partial charge in [-0.2, -0.15) is 0 Å². The van der Waals surface area contributed by atoms with Crippen molar-refractivity contribution in [1.82, 2.24) is 4.57 Å². The predicted octanol–water partition coefficient (Wildman–Crippen LogP) is 2.03. The van der Waals surface area contributed by atoms with Crippen LogP contribution in [-0.4, -0.2) is 17.1 Å². The lowest BCUT2D eigenvalue weighted by atomic mass is 10.2. The Balaban J connectivity index is 2.59. The molecule has 1 aromatic carbocycles. The van der Waals surface area contributed by atoms with E-state index in [1.54, 1.807) is 37.3 Å². The summed E-state index contributed by atoms with van der Waals surface area (Å²) >= 11 is 0. The number of ether oxygens (including phenoxy) is 1. The van der Waals surface area contributed by atoms with Crippen molar-refractivity contribution in [3.8, 4) is 0 Å². The van der Waals surface area contributed by atoms with E-state index in [0.717, 1.165) is 4.57 Å². The molecule has 2 aromatic rings. The summed E-state index contributed by atoms with van der Waals surface area (Å²) in [4.78, 5) is 23.1. The first kappa shape index (κ1) is 12.3. The lowest BCUT2D eigenvalue weighted by Crippen LogP contribution is -2.28. The molecule has 0 bridgehead atoms. The van der Waals surface area contributed by atoms with E-state index in [1.807, 2.05) is 0 Å². The summed E-state index contributed by atoms with van der Waals surface area (Å²) in [6.45, 7) is 1.65. The van der Waals surface area contributed by atoms with Gasteiger partial charge in [0, 0.05) is 6.07 Å². The molecule has 1 unspecified atom stereocenters. The molecule has 0 spiro atoms. The van der Waals surface area contributed by atoms with Crippen molar-refractivity contribution in [1.29, 1.82) is 0 Å². The molecule has 18 heavy (non-hydrogen) atoms. The van der Waals surface area contributed by atoms with Gasteiger partial charge in [0.1, 0.15) is 0 Å². The van der Waals surface area contributed by atoms with Crippen molar-refractivity contribution in [2.45, 2.75) is 13.2 Å². The molecule has 0 aliphatic rings. The van der Waals surface area contributed by atoms with E-state index in [1.165, 1.54) is 6.07 Å². The lowest BCUT2D eigenvalue weighted by molar-refractivity contribution is -0.152. The molecule has 1 heterocycles. The summed E-state index contributed by atoms with van der Waals surface area (Å²) in [6, 6.07) is 9.59. The number of alkyl halides is 1. The maximum atomic E-state index is 14.0. The summed E-state index contributed by atoms with van der Waals surface area (Å²) in [7, 11) is 0. The highest BCUT2D eigenvalue weighted by Gasteiger charge is 2.23. The average Bonchev–Trinajstić information content (AvgIpc) is 2.38. The van der Waals surface area contributed by atoms with Gasteiger partial charge in [0.2, 0.25) is 0 Å². The SMILES string of the molecule is CCOC(=O)C(F)n1c(=O)ccc2ccccc21. The Kier molecular flexibility index (Phi) is 3.41. The van der Waals surface area contributed by atoms with Crippen LogP contribution in [0.2, 0.25) is 0 Å². The van der Waals surface area contributed by atoms with Crippen molar-refractivity contribution < 1.29 is 13.9 Å². The number of pyridine rings is 1. The van der Waals surface area contributed by atoms with E-state index in [9.17, 15) is 14.0 Å². The van der Waals surface area contributed by atoms with Crippen LogP contribution in [0.25, 0.3) is 10.9 Å². The number of nitrogens with zero attached hydrogens (tertiary/aromatic N) is 1. The topological polar surface area (TPSA) is 48.3 Å². The van der Waals surface area contributed by atoms with Crippen molar-refractivity contribution in [2.24, 2.45) is 0 Å². The van der Waals surface area contributed by atoms with Gasteiger partial charge in [-0.3, -0.25) is 9.36 Å². The van der Waals surface area contributed by atoms with E-state index in [4.69, 9.17) is 0 Å². The second-order valence-corrected chi connectivity index (χ2v) is 3.69. The van der Waals surface area contributed by atoms with Crippen molar-refractivity contribution >= 4 is 16.9 Å². The summed E-state index contributed by atoms with van der Waals surface area (Å²) in [5.74, 6) is -1.06. The number of benzene rings is 1. The molecule has 2 rings (SSSR count). The molecule has 5 heteroatoms. The number of hydrogen-bond donors (Lipinski definition) is 0. The fourth-order valence-corrected chi connectivity index (χ4v) is 1.76. The Hall–Kier alpha value is -2.17. The predicted molar refractivity (Wildman–Crippen MR) is 65.0 cm³/mol. The number of carbonyl (C=O) groups is 1. The van der Waals surface area contributed by atoms with Crippen molar-refractivity contribution in [3.05, 3.63) is 46.8 Å². The maximum Gasteiger partial charge on any atom is 0.362 e. The number of esters is 1. The van der Waals surface area contributed by atoms with E-state index in [2.05, 4.69) is 4.74 Å². The highest BCUT2D eigenvalue weighted by molar-refractivity contribution is 5.81. The highest BCUT2D eigenvalue weighted by atomic mass is 19.1. The monoisotopic (exact) mass is 249 g/mol. The summed E-state index contributed by atoms with van der Waals surface area (Å²) in [5, 5.41) is 0.684. The summed E-state index contributed by atoms with van der Waals surface area (Å²) in [5.41, 5.74) is -0.209. The molecule has 0 saturated heterocycles. The molecule has 1 atom stereocenters. The zero-order valence-corrected chi connectivity index (χ0v) is 9.80. The van der Waals surface area contributed by atoms with Gasteiger partial charge in [-0.25, -0.2) is 9.18 Å². The summed E-state index contributed by atoms with van der Waals surface area (Å²) < 4.78 is 19.4. The van der Waals surface area contributed by atoms with E-state index in [0.29, 0.717) is 10.9 Å². The average molecular weight is 249 g/mol. The van der Waals surface area contributed by atoms with E-state index < -0.39 is 17.8 Å².